The average molecular weight is 378 g/mol. The fourth-order valence-corrected chi connectivity index (χ4v) is 4.95. The number of piperidine rings is 1. The van der Waals surface area contributed by atoms with Crippen LogP contribution in [0.15, 0.2) is 40.9 Å². The Balaban J connectivity index is 1.62. The molecule has 1 amide bonds. The van der Waals surface area contributed by atoms with Crippen LogP contribution in [0.5, 0.6) is 0 Å². The molecule has 1 aromatic rings. The first-order valence-corrected chi connectivity index (χ1v) is 10.7. The second-order valence-electron chi connectivity index (χ2n) is 7.10. The summed E-state index contributed by atoms with van der Waals surface area (Å²) in [7, 11) is -3.56. The first kappa shape index (κ1) is 18.9. The molecule has 1 aliphatic carbocycles. The third-order valence-corrected chi connectivity index (χ3v) is 6.93. The predicted octanol–water partition coefficient (Wildman–Crippen LogP) is 2.47. The normalized spacial score (nSPS) is 21.7. The summed E-state index contributed by atoms with van der Waals surface area (Å²) in [6.45, 7) is 2.60. The Hall–Kier alpha value is -1.86. The number of hydrogen-bond donors (Lipinski definition) is 2. The van der Waals surface area contributed by atoms with Crippen molar-refractivity contribution in [3.63, 3.8) is 0 Å². The number of rotatable bonds is 5. The maximum absolute atomic E-state index is 12.8. The van der Waals surface area contributed by atoms with Gasteiger partial charge in [-0.15, -0.1) is 0 Å². The van der Waals surface area contributed by atoms with Gasteiger partial charge in [-0.3, -0.25) is 10.2 Å². The summed E-state index contributed by atoms with van der Waals surface area (Å²) in [6, 6.07) is 6.85. The number of amides is 1. The van der Waals surface area contributed by atoms with Crippen LogP contribution in [-0.4, -0.2) is 31.7 Å². The van der Waals surface area contributed by atoms with Gasteiger partial charge in [0.05, 0.1) is 10.8 Å². The molecule has 0 spiro atoms. The molecule has 142 valence electrons. The van der Waals surface area contributed by atoms with Crippen LogP contribution in [0.2, 0.25) is 0 Å². The van der Waals surface area contributed by atoms with E-state index in [1.54, 1.807) is 24.3 Å². The summed E-state index contributed by atoms with van der Waals surface area (Å²) in [6.07, 6.45) is 7.79. The van der Waals surface area contributed by atoms with Crippen LogP contribution >= 0.6 is 0 Å². The van der Waals surface area contributed by atoms with Crippen LogP contribution < -0.4 is 10.9 Å². The van der Waals surface area contributed by atoms with Crippen LogP contribution in [0.4, 0.5) is 0 Å². The van der Waals surface area contributed by atoms with E-state index in [0.717, 1.165) is 30.5 Å². The molecule has 1 aromatic carbocycles. The molecule has 6 nitrogen and oxygen atoms in total. The van der Waals surface area contributed by atoms with Gasteiger partial charge in [-0.05, 0) is 57.6 Å². The van der Waals surface area contributed by atoms with E-state index >= 15 is 0 Å². The summed E-state index contributed by atoms with van der Waals surface area (Å²) in [5, 5.41) is 0. The Bertz CT molecular complexity index is 772. The van der Waals surface area contributed by atoms with Crippen LogP contribution in [-0.2, 0) is 14.8 Å². The molecule has 1 saturated heterocycles. The first-order valence-electron chi connectivity index (χ1n) is 9.28. The molecule has 3 rings (SSSR count). The number of carbonyl (C=O) groups excluding carboxylic acids is 1. The molecule has 7 heteroatoms. The van der Waals surface area contributed by atoms with Crippen LogP contribution in [0, 0.1) is 12.8 Å². The highest BCUT2D eigenvalue weighted by Gasteiger charge is 2.33. The summed E-state index contributed by atoms with van der Waals surface area (Å²) in [5.41, 5.74) is 7.83. The van der Waals surface area contributed by atoms with Gasteiger partial charge < -0.3 is 5.43 Å². The van der Waals surface area contributed by atoms with Gasteiger partial charge >= 0.3 is 0 Å². The molecule has 1 aliphatic heterocycles. The monoisotopic (exact) mass is 377 g/mol. The molecule has 0 aromatic heterocycles. The van der Waals surface area contributed by atoms with E-state index < -0.39 is 10.0 Å². The number of sulfonamides is 1. The highest BCUT2D eigenvalue weighted by atomic mass is 32.2. The smallest absolute Gasteiger partial charge is 0.243 e. The maximum atomic E-state index is 12.8. The minimum Gasteiger partial charge on any atom is -0.303 e. The second kappa shape index (κ2) is 8.22. The third-order valence-electron chi connectivity index (χ3n) is 5.05. The molecule has 0 bridgehead atoms. The van der Waals surface area contributed by atoms with Crippen LogP contribution in [0.1, 0.15) is 44.1 Å². The minimum absolute atomic E-state index is 0.139. The lowest BCUT2D eigenvalue weighted by molar-refractivity contribution is -0.126. The average Bonchev–Trinajstić information content (AvgIpc) is 2.67. The zero-order valence-corrected chi connectivity index (χ0v) is 16.0. The highest BCUT2D eigenvalue weighted by Crippen LogP contribution is 2.24. The van der Waals surface area contributed by atoms with E-state index in [2.05, 4.69) is 16.9 Å². The summed E-state index contributed by atoms with van der Waals surface area (Å²) in [5.74, 6) is -0.471. The van der Waals surface area contributed by atoms with Gasteiger partial charge in [-0.2, -0.15) is 4.31 Å². The minimum atomic E-state index is -3.56. The van der Waals surface area contributed by atoms with Gasteiger partial charge in [0.2, 0.25) is 15.9 Å². The Morgan fingerprint density at radius 3 is 2.62 bits per heavy atom. The lowest BCUT2D eigenvalue weighted by atomic mass is 9.99. The topological polar surface area (TPSA) is 78.5 Å². The van der Waals surface area contributed by atoms with E-state index in [1.165, 1.54) is 10.7 Å². The van der Waals surface area contributed by atoms with Gasteiger partial charge in [0.15, 0.2) is 0 Å². The largest absolute Gasteiger partial charge is 0.303 e. The standard InChI is InChI=1S/C19H27N3O3S/c1-15-9-11-18(12-10-15)26(24,25)22-13-5-6-16(14-22)19(23)21-20-17-7-3-2-4-8-17/h7,9-12,16,20H,2-6,8,13-14H2,1H3,(H,21,23)/t16-/m0/s1. The number of allylic oxidation sites excluding steroid dienone is 2. The quantitative estimate of drug-likeness (QED) is 0.773. The first-order chi connectivity index (χ1) is 12.5. The molecule has 0 radical (unpaired) electrons. The van der Waals surface area contributed by atoms with Crippen molar-refractivity contribution in [1.82, 2.24) is 15.2 Å². The molecule has 0 unspecified atom stereocenters. The van der Waals surface area contributed by atoms with Gasteiger partial charge in [-0.25, -0.2) is 8.42 Å². The van der Waals surface area contributed by atoms with Crippen molar-refractivity contribution in [3.8, 4) is 0 Å². The number of hydrazine groups is 1. The van der Waals surface area contributed by atoms with Crippen molar-refractivity contribution in [2.45, 2.75) is 50.3 Å². The van der Waals surface area contributed by atoms with Gasteiger partial charge in [0.1, 0.15) is 0 Å². The Kier molecular flexibility index (Phi) is 5.98. The number of aryl methyl sites for hydroxylation is 1. The Morgan fingerprint density at radius 2 is 1.92 bits per heavy atom. The fraction of sp³-hybridized carbons (Fsp3) is 0.526. The number of hydrogen-bond acceptors (Lipinski definition) is 4. The van der Waals surface area contributed by atoms with Crippen molar-refractivity contribution in [3.05, 3.63) is 41.6 Å². The molecule has 2 aliphatic rings. The van der Waals surface area contributed by atoms with Crippen molar-refractivity contribution < 1.29 is 13.2 Å². The summed E-state index contributed by atoms with van der Waals surface area (Å²) in [4.78, 5) is 12.8. The number of nitrogens with zero attached hydrogens (tertiary/aromatic N) is 1. The summed E-state index contributed by atoms with van der Waals surface area (Å²) < 4.78 is 27.1. The van der Waals surface area contributed by atoms with Crippen molar-refractivity contribution in [2.24, 2.45) is 5.92 Å². The zero-order valence-electron chi connectivity index (χ0n) is 15.2. The number of carbonyl (C=O) groups is 1. The molecule has 1 heterocycles. The Morgan fingerprint density at radius 1 is 1.15 bits per heavy atom. The molecular weight excluding hydrogens is 350 g/mol. The molecular formula is C19H27N3O3S. The second-order valence-corrected chi connectivity index (χ2v) is 9.04. The zero-order chi connectivity index (χ0) is 18.6. The Labute approximate surface area is 155 Å². The van der Waals surface area contributed by atoms with Crippen LogP contribution in [0.25, 0.3) is 0 Å². The molecule has 1 fully saturated rings. The molecule has 26 heavy (non-hydrogen) atoms. The van der Waals surface area contributed by atoms with Crippen molar-refractivity contribution in [2.75, 3.05) is 13.1 Å². The molecule has 1 atom stereocenters. The van der Waals surface area contributed by atoms with Gasteiger partial charge in [0.25, 0.3) is 0 Å². The van der Waals surface area contributed by atoms with E-state index in [1.807, 2.05) is 6.92 Å². The number of nitrogens with one attached hydrogen (secondary N) is 2. The van der Waals surface area contributed by atoms with Crippen molar-refractivity contribution in [1.29, 1.82) is 0 Å². The highest BCUT2D eigenvalue weighted by molar-refractivity contribution is 7.89. The van der Waals surface area contributed by atoms with E-state index in [9.17, 15) is 13.2 Å². The van der Waals surface area contributed by atoms with E-state index in [-0.39, 0.29) is 23.3 Å². The summed E-state index contributed by atoms with van der Waals surface area (Å²) >= 11 is 0. The number of benzene rings is 1. The van der Waals surface area contributed by atoms with E-state index in [0.29, 0.717) is 19.4 Å². The fourth-order valence-electron chi connectivity index (χ4n) is 3.43. The van der Waals surface area contributed by atoms with Gasteiger partial charge in [-0.1, -0.05) is 23.8 Å². The van der Waals surface area contributed by atoms with Crippen molar-refractivity contribution >= 4 is 15.9 Å². The van der Waals surface area contributed by atoms with E-state index in [4.69, 9.17) is 0 Å². The molecule has 2 N–H and O–H groups in total. The third kappa shape index (κ3) is 4.45. The molecule has 0 saturated carbocycles. The lowest BCUT2D eigenvalue weighted by Crippen LogP contribution is -2.48. The predicted molar refractivity (Wildman–Crippen MR) is 100 cm³/mol. The lowest BCUT2D eigenvalue weighted by Gasteiger charge is -2.31. The SMILES string of the molecule is Cc1ccc(S(=O)(=O)N2CCC[C@H](C(=O)NNC3=CCCCC3)C2)cc1. The van der Waals surface area contributed by atoms with Gasteiger partial charge in [0, 0.05) is 18.8 Å². The van der Waals surface area contributed by atoms with Crippen LogP contribution in [0.3, 0.4) is 0 Å². The maximum Gasteiger partial charge on any atom is 0.243 e.